The Hall–Kier alpha value is -1.45. The molecule has 3 aliphatic carbocycles. The molecule has 0 spiro atoms. The van der Waals surface area contributed by atoms with Crippen molar-refractivity contribution < 1.29 is 19.1 Å². The van der Waals surface area contributed by atoms with Crippen LogP contribution in [0.5, 0.6) is 0 Å². The maximum atomic E-state index is 12.4. The minimum absolute atomic E-state index is 0.00884. The first kappa shape index (κ1) is 12.6. The highest BCUT2D eigenvalue weighted by Crippen LogP contribution is 2.70. The third kappa shape index (κ3) is 1.43. The second-order valence-corrected chi connectivity index (χ2v) is 6.11. The first-order chi connectivity index (χ1) is 8.92. The van der Waals surface area contributed by atoms with Crippen LogP contribution in [0.2, 0.25) is 0 Å². The lowest BCUT2D eigenvalue weighted by Crippen LogP contribution is -2.37. The van der Waals surface area contributed by atoms with E-state index in [0.717, 1.165) is 0 Å². The standard InChI is InChI=1S/C15H18O4/c1-4-19-14(18)11-10-12(11)15(3)7(2)5-8(16)6-9(15)13(10)17/h6-7,10-12H,4-5H2,1-3H3/t7-,10+,11+,12+,15+/m1/s1. The Balaban J connectivity index is 1.96. The molecule has 3 aliphatic rings. The van der Waals surface area contributed by atoms with E-state index in [0.29, 0.717) is 18.6 Å². The predicted molar refractivity (Wildman–Crippen MR) is 67.1 cm³/mol. The molecule has 4 heteroatoms. The Kier molecular flexibility index (Phi) is 2.50. The lowest BCUT2D eigenvalue weighted by Gasteiger charge is -2.37. The van der Waals surface area contributed by atoms with Gasteiger partial charge in [0.05, 0.1) is 12.5 Å². The number of hydrogen-bond acceptors (Lipinski definition) is 4. The summed E-state index contributed by atoms with van der Waals surface area (Å²) >= 11 is 0. The summed E-state index contributed by atoms with van der Waals surface area (Å²) in [6, 6.07) is 0. The first-order valence-electron chi connectivity index (χ1n) is 6.88. The number of Topliss-reactive ketones (excluding diaryl/α,β-unsaturated/α-hetero) is 1. The highest BCUT2D eigenvalue weighted by Gasteiger charge is 2.74. The van der Waals surface area contributed by atoms with Crippen molar-refractivity contribution in [3.05, 3.63) is 11.6 Å². The van der Waals surface area contributed by atoms with Gasteiger partial charge in [-0.15, -0.1) is 0 Å². The zero-order chi connectivity index (χ0) is 13.9. The summed E-state index contributed by atoms with van der Waals surface area (Å²) in [5, 5.41) is 0. The highest BCUT2D eigenvalue weighted by molar-refractivity contribution is 6.12. The molecule has 102 valence electrons. The zero-order valence-corrected chi connectivity index (χ0v) is 11.4. The molecular formula is C15H18O4. The normalized spacial score (nSPS) is 43.4. The van der Waals surface area contributed by atoms with Crippen molar-refractivity contribution in [2.75, 3.05) is 6.61 Å². The quantitative estimate of drug-likeness (QED) is 0.708. The van der Waals surface area contributed by atoms with E-state index in [1.165, 1.54) is 6.08 Å². The summed E-state index contributed by atoms with van der Waals surface area (Å²) in [7, 11) is 0. The summed E-state index contributed by atoms with van der Waals surface area (Å²) in [6.45, 7) is 6.14. The molecule has 0 aromatic heterocycles. The Labute approximate surface area is 112 Å². The summed E-state index contributed by atoms with van der Waals surface area (Å²) in [6.07, 6.45) is 1.97. The number of fused-ring (bicyclic) bond motifs is 3. The molecule has 0 aliphatic heterocycles. The average Bonchev–Trinajstić information content (AvgIpc) is 3.04. The first-order valence-corrected chi connectivity index (χ1v) is 6.88. The van der Waals surface area contributed by atoms with Crippen LogP contribution in [0, 0.1) is 29.1 Å². The van der Waals surface area contributed by atoms with Gasteiger partial charge >= 0.3 is 5.97 Å². The van der Waals surface area contributed by atoms with E-state index < -0.39 is 0 Å². The molecule has 0 N–H and O–H groups in total. The maximum absolute atomic E-state index is 12.4. The van der Waals surface area contributed by atoms with E-state index >= 15 is 0 Å². The average molecular weight is 262 g/mol. The number of ether oxygens (including phenoxy) is 1. The second-order valence-electron chi connectivity index (χ2n) is 6.11. The molecule has 0 unspecified atom stereocenters. The molecule has 4 nitrogen and oxygen atoms in total. The van der Waals surface area contributed by atoms with Crippen molar-refractivity contribution in [1.29, 1.82) is 0 Å². The van der Waals surface area contributed by atoms with Gasteiger partial charge < -0.3 is 4.74 Å². The van der Waals surface area contributed by atoms with Gasteiger partial charge in [0.25, 0.3) is 0 Å². The smallest absolute Gasteiger partial charge is 0.310 e. The molecule has 19 heavy (non-hydrogen) atoms. The third-order valence-corrected chi connectivity index (χ3v) is 5.26. The van der Waals surface area contributed by atoms with Gasteiger partial charge in [-0.3, -0.25) is 14.4 Å². The Bertz CT molecular complexity index is 518. The fraction of sp³-hybridized carbons (Fsp3) is 0.667. The lowest BCUT2D eigenvalue weighted by atomic mass is 9.65. The molecule has 3 rings (SSSR count). The molecule has 0 heterocycles. The number of rotatable bonds is 2. The highest BCUT2D eigenvalue weighted by atomic mass is 16.5. The SMILES string of the molecule is CCOC(=O)[C@H]1[C@@H]2C(=O)C3=CC(=O)C[C@@H](C)[C@]3(C)[C@H]12. The minimum atomic E-state index is -0.326. The van der Waals surface area contributed by atoms with Crippen LogP contribution in [-0.4, -0.2) is 24.1 Å². The van der Waals surface area contributed by atoms with E-state index in [2.05, 4.69) is 0 Å². The van der Waals surface area contributed by atoms with Gasteiger partial charge in [0.2, 0.25) is 0 Å². The summed E-state index contributed by atoms with van der Waals surface area (Å²) in [5.41, 5.74) is 0.319. The maximum Gasteiger partial charge on any atom is 0.310 e. The molecule has 2 saturated carbocycles. The lowest BCUT2D eigenvalue weighted by molar-refractivity contribution is -0.146. The molecule has 0 bridgehead atoms. The van der Waals surface area contributed by atoms with Gasteiger partial charge in [-0.25, -0.2) is 0 Å². The molecule has 2 fully saturated rings. The zero-order valence-electron chi connectivity index (χ0n) is 11.4. The Morgan fingerprint density at radius 3 is 2.79 bits per heavy atom. The van der Waals surface area contributed by atoms with Crippen LogP contribution in [0.4, 0.5) is 0 Å². The van der Waals surface area contributed by atoms with Crippen molar-refractivity contribution in [3.63, 3.8) is 0 Å². The van der Waals surface area contributed by atoms with Crippen LogP contribution in [0.25, 0.3) is 0 Å². The predicted octanol–water partition coefficient (Wildman–Crippen LogP) is 1.54. The van der Waals surface area contributed by atoms with E-state index in [1.807, 2.05) is 13.8 Å². The van der Waals surface area contributed by atoms with Crippen LogP contribution in [0.1, 0.15) is 27.2 Å². The van der Waals surface area contributed by atoms with Gasteiger partial charge in [-0.05, 0) is 24.8 Å². The summed E-state index contributed by atoms with van der Waals surface area (Å²) in [4.78, 5) is 35.9. The van der Waals surface area contributed by atoms with Crippen LogP contribution in [0.3, 0.4) is 0 Å². The number of carbonyl (C=O) groups is 3. The molecule has 0 aromatic carbocycles. The van der Waals surface area contributed by atoms with Gasteiger partial charge in [-0.2, -0.15) is 0 Å². The van der Waals surface area contributed by atoms with Gasteiger partial charge in [0.15, 0.2) is 11.6 Å². The fourth-order valence-electron chi connectivity index (χ4n) is 4.09. The summed E-state index contributed by atoms with van der Waals surface area (Å²) in [5.74, 6) is -0.622. The molecule has 0 aromatic rings. The van der Waals surface area contributed by atoms with Crippen molar-refractivity contribution in [1.82, 2.24) is 0 Å². The van der Waals surface area contributed by atoms with Crippen LogP contribution < -0.4 is 0 Å². The topological polar surface area (TPSA) is 60.4 Å². The number of hydrogen-bond donors (Lipinski definition) is 0. The van der Waals surface area contributed by atoms with Crippen LogP contribution >= 0.6 is 0 Å². The number of carbonyl (C=O) groups excluding carboxylic acids is 3. The van der Waals surface area contributed by atoms with E-state index in [1.54, 1.807) is 6.92 Å². The van der Waals surface area contributed by atoms with Crippen LogP contribution in [-0.2, 0) is 19.1 Å². The fourth-order valence-corrected chi connectivity index (χ4v) is 4.09. The largest absolute Gasteiger partial charge is 0.466 e. The monoisotopic (exact) mass is 262 g/mol. The van der Waals surface area contributed by atoms with E-state index in [4.69, 9.17) is 4.74 Å². The minimum Gasteiger partial charge on any atom is -0.466 e. The Morgan fingerprint density at radius 2 is 2.16 bits per heavy atom. The molecule has 5 atom stereocenters. The van der Waals surface area contributed by atoms with Crippen molar-refractivity contribution >= 4 is 17.5 Å². The molecular weight excluding hydrogens is 244 g/mol. The molecule has 0 saturated heterocycles. The van der Waals surface area contributed by atoms with Crippen LogP contribution in [0.15, 0.2) is 11.6 Å². The number of esters is 1. The molecule has 0 radical (unpaired) electrons. The van der Waals surface area contributed by atoms with Crippen molar-refractivity contribution in [2.45, 2.75) is 27.2 Å². The second kappa shape index (κ2) is 3.78. The number of ketones is 2. The van der Waals surface area contributed by atoms with Gasteiger partial charge in [0.1, 0.15) is 0 Å². The number of allylic oxidation sites excluding steroid dienone is 2. The van der Waals surface area contributed by atoms with Crippen molar-refractivity contribution in [2.24, 2.45) is 29.1 Å². The molecule has 0 amide bonds. The van der Waals surface area contributed by atoms with E-state index in [9.17, 15) is 14.4 Å². The third-order valence-electron chi connectivity index (χ3n) is 5.26. The summed E-state index contributed by atoms with van der Waals surface area (Å²) < 4.78 is 5.05. The van der Waals surface area contributed by atoms with Gasteiger partial charge in [-0.1, -0.05) is 13.8 Å². The van der Waals surface area contributed by atoms with Gasteiger partial charge in [0, 0.05) is 23.3 Å². The van der Waals surface area contributed by atoms with E-state index in [-0.39, 0.29) is 46.6 Å². The Morgan fingerprint density at radius 1 is 1.47 bits per heavy atom. The van der Waals surface area contributed by atoms with Crippen molar-refractivity contribution in [3.8, 4) is 0 Å².